The minimum Gasteiger partial charge on any atom is -0.495 e. The van der Waals surface area contributed by atoms with Crippen LogP contribution < -0.4 is 15.8 Å². The van der Waals surface area contributed by atoms with Gasteiger partial charge in [-0.25, -0.2) is 0 Å². The number of rotatable bonds is 8. The van der Waals surface area contributed by atoms with Crippen LogP contribution in [0.25, 0.3) is 0 Å². The summed E-state index contributed by atoms with van der Waals surface area (Å²) in [6, 6.07) is 5.03. The first-order valence-corrected chi connectivity index (χ1v) is 6.39. The molecule has 3 N–H and O–H groups in total. The van der Waals surface area contributed by atoms with Crippen molar-refractivity contribution in [3.63, 3.8) is 0 Å². The molecule has 0 bridgehead atoms. The maximum absolute atomic E-state index is 11.9. The molecule has 1 aromatic carbocycles. The van der Waals surface area contributed by atoms with Crippen LogP contribution in [0.15, 0.2) is 18.2 Å². The van der Waals surface area contributed by atoms with E-state index in [0.717, 1.165) is 25.9 Å². The standard InChI is InChI=1S/C14H22N2O3/c1-18-9-5-3-4-8-16-14(17)11-6-7-13(19-2)12(15)10-11/h6-7,10H,3-5,8-9,15H2,1-2H3,(H,16,17). The smallest absolute Gasteiger partial charge is 0.251 e. The molecule has 5 heteroatoms. The van der Waals surface area contributed by atoms with Crippen molar-refractivity contribution in [3.8, 4) is 5.75 Å². The van der Waals surface area contributed by atoms with Gasteiger partial charge in [0, 0.05) is 25.8 Å². The lowest BCUT2D eigenvalue weighted by Crippen LogP contribution is -2.24. The van der Waals surface area contributed by atoms with Crippen molar-refractivity contribution in [2.24, 2.45) is 0 Å². The molecule has 1 amide bonds. The Morgan fingerprint density at radius 2 is 2.05 bits per heavy atom. The van der Waals surface area contributed by atoms with E-state index in [2.05, 4.69) is 5.32 Å². The van der Waals surface area contributed by atoms with E-state index < -0.39 is 0 Å². The molecule has 0 unspecified atom stereocenters. The fraction of sp³-hybridized carbons (Fsp3) is 0.500. The fourth-order valence-corrected chi connectivity index (χ4v) is 1.73. The highest BCUT2D eigenvalue weighted by Crippen LogP contribution is 2.21. The van der Waals surface area contributed by atoms with Crippen molar-refractivity contribution in [2.75, 3.05) is 33.1 Å². The summed E-state index contributed by atoms with van der Waals surface area (Å²) in [5.74, 6) is 0.470. The molecule has 0 saturated carbocycles. The van der Waals surface area contributed by atoms with Gasteiger partial charge in [0.25, 0.3) is 5.91 Å². The summed E-state index contributed by atoms with van der Waals surface area (Å²) in [5.41, 5.74) is 6.78. The second-order valence-electron chi connectivity index (χ2n) is 4.27. The van der Waals surface area contributed by atoms with E-state index in [1.807, 2.05) is 0 Å². The van der Waals surface area contributed by atoms with Crippen LogP contribution in [0, 0.1) is 0 Å². The van der Waals surface area contributed by atoms with Crippen LogP contribution in [-0.4, -0.2) is 33.3 Å². The number of anilines is 1. The van der Waals surface area contributed by atoms with Gasteiger partial charge in [0.05, 0.1) is 12.8 Å². The van der Waals surface area contributed by atoms with E-state index in [1.54, 1.807) is 32.4 Å². The van der Waals surface area contributed by atoms with Crippen molar-refractivity contribution in [1.82, 2.24) is 5.32 Å². The van der Waals surface area contributed by atoms with Gasteiger partial charge in [-0.2, -0.15) is 0 Å². The SMILES string of the molecule is COCCCCCNC(=O)c1ccc(OC)c(N)c1. The Hall–Kier alpha value is -1.75. The maximum Gasteiger partial charge on any atom is 0.251 e. The molecule has 106 valence electrons. The molecule has 0 spiro atoms. The van der Waals surface area contributed by atoms with Gasteiger partial charge in [-0.1, -0.05) is 0 Å². The van der Waals surface area contributed by atoms with E-state index in [4.69, 9.17) is 15.2 Å². The number of unbranched alkanes of at least 4 members (excludes halogenated alkanes) is 2. The van der Waals surface area contributed by atoms with Gasteiger partial charge in [-0.15, -0.1) is 0 Å². The van der Waals surface area contributed by atoms with Crippen LogP contribution in [0.5, 0.6) is 5.75 Å². The molecule has 0 saturated heterocycles. The van der Waals surface area contributed by atoms with Gasteiger partial charge < -0.3 is 20.5 Å². The Bertz CT molecular complexity index is 408. The van der Waals surface area contributed by atoms with Gasteiger partial charge in [0.1, 0.15) is 5.75 Å². The molecule has 1 aromatic rings. The number of nitrogen functional groups attached to an aromatic ring is 1. The first-order valence-electron chi connectivity index (χ1n) is 6.39. The van der Waals surface area contributed by atoms with E-state index in [1.165, 1.54) is 0 Å². The van der Waals surface area contributed by atoms with E-state index in [-0.39, 0.29) is 5.91 Å². The normalized spacial score (nSPS) is 10.2. The lowest BCUT2D eigenvalue weighted by Gasteiger charge is -2.08. The summed E-state index contributed by atoms with van der Waals surface area (Å²) < 4.78 is 10.0. The summed E-state index contributed by atoms with van der Waals surface area (Å²) in [6.45, 7) is 1.43. The molecule has 0 aliphatic heterocycles. The zero-order valence-corrected chi connectivity index (χ0v) is 11.6. The molecule has 0 fully saturated rings. The summed E-state index contributed by atoms with van der Waals surface area (Å²) in [6.07, 6.45) is 3.00. The predicted molar refractivity (Wildman–Crippen MR) is 75.5 cm³/mol. The quantitative estimate of drug-likeness (QED) is 0.556. The van der Waals surface area contributed by atoms with Crippen molar-refractivity contribution >= 4 is 11.6 Å². The Labute approximate surface area is 114 Å². The molecule has 0 atom stereocenters. The molecule has 19 heavy (non-hydrogen) atoms. The number of carbonyl (C=O) groups is 1. The molecule has 0 heterocycles. The van der Waals surface area contributed by atoms with Crippen LogP contribution in [0.2, 0.25) is 0 Å². The highest BCUT2D eigenvalue weighted by Gasteiger charge is 2.07. The number of hydrogen-bond donors (Lipinski definition) is 2. The monoisotopic (exact) mass is 266 g/mol. The van der Waals surface area contributed by atoms with E-state index in [0.29, 0.717) is 23.5 Å². The molecule has 5 nitrogen and oxygen atoms in total. The largest absolute Gasteiger partial charge is 0.495 e. The minimum absolute atomic E-state index is 0.110. The average Bonchev–Trinajstić information content (AvgIpc) is 2.42. The second-order valence-corrected chi connectivity index (χ2v) is 4.27. The molecule has 0 radical (unpaired) electrons. The van der Waals surface area contributed by atoms with Crippen molar-refractivity contribution in [2.45, 2.75) is 19.3 Å². The number of nitrogens with one attached hydrogen (secondary N) is 1. The first-order chi connectivity index (χ1) is 9.19. The third kappa shape index (κ3) is 5.18. The van der Waals surface area contributed by atoms with Gasteiger partial charge in [0.15, 0.2) is 0 Å². The van der Waals surface area contributed by atoms with E-state index in [9.17, 15) is 4.79 Å². The molecule has 1 rings (SSSR count). The minimum atomic E-state index is -0.110. The van der Waals surface area contributed by atoms with Gasteiger partial charge in [-0.05, 0) is 37.5 Å². The number of benzene rings is 1. The Morgan fingerprint density at radius 1 is 1.26 bits per heavy atom. The number of hydrogen-bond acceptors (Lipinski definition) is 4. The molecular formula is C14H22N2O3. The lowest BCUT2D eigenvalue weighted by molar-refractivity contribution is 0.0952. The topological polar surface area (TPSA) is 73.6 Å². The van der Waals surface area contributed by atoms with Crippen LogP contribution >= 0.6 is 0 Å². The fourth-order valence-electron chi connectivity index (χ4n) is 1.73. The number of methoxy groups -OCH3 is 2. The van der Waals surface area contributed by atoms with Crippen molar-refractivity contribution < 1.29 is 14.3 Å². The Morgan fingerprint density at radius 3 is 2.68 bits per heavy atom. The molecule has 0 aromatic heterocycles. The van der Waals surface area contributed by atoms with Gasteiger partial charge >= 0.3 is 0 Å². The Kier molecular flexibility index (Phi) is 6.74. The molecular weight excluding hydrogens is 244 g/mol. The zero-order chi connectivity index (χ0) is 14.1. The Balaban J connectivity index is 2.35. The van der Waals surface area contributed by atoms with Crippen LogP contribution in [0.1, 0.15) is 29.6 Å². The highest BCUT2D eigenvalue weighted by molar-refractivity contribution is 5.95. The maximum atomic E-state index is 11.9. The number of carbonyl (C=O) groups excluding carboxylic acids is 1. The van der Waals surface area contributed by atoms with Crippen molar-refractivity contribution in [3.05, 3.63) is 23.8 Å². The first kappa shape index (κ1) is 15.3. The number of ether oxygens (including phenoxy) is 2. The van der Waals surface area contributed by atoms with Gasteiger partial charge in [-0.3, -0.25) is 4.79 Å². The highest BCUT2D eigenvalue weighted by atomic mass is 16.5. The molecule has 0 aliphatic rings. The van der Waals surface area contributed by atoms with Crippen LogP contribution in [0.3, 0.4) is 0 Å². The van der Waals surface area contributed by atoms with Crippen LogP contribution in [-0.2, 0) is 4.74 Å². The summed E-state index contributed by atoms with van der Waals surface area (Å²) in [4.78, 5) is 11.9. The third-order valence-electron chi connectivity index (χ3n) is 2.80. The summed E-state index contributed by atoms with van der Waals surface area (Å²) >= 11 is 0. The second kappa shape index (κ2) is 8.37. The number of amides is 1. The predicted octanol–water partition coefficient (Wildman–Crippen LogP) is 1.82. The van der Waals surface area contributed by atoms with Crippen molar-refractivity contribution in [1.29, 1.82) is 0 Å². The summed E-state index contributed by atoms with van der Waals surface area (Å²) in [5, 5.41) is 2.86. The lowest BCUT2D eigenvalue weighted by atomic mass is 10.1. The summed E-state index contributed by atoms with van der Waals surface area (Å²) in [7, 11) is 3.24. The van der Waals surface area contributed by atoms with Gasteiger partial charge in [0.2, 0.25) is 0 Å². The zero-order valence-electron chi connectivity index (χ0n) is 11.6. The average molecular weight is 266 g/mol. The van der Waals surface area contributed by atoms with E-state index >= 15 is 0 Å². The van der Waals surface area contributed by atoms with Crippen LogP contribution in [0.4, 0.5) is 5.69 Å². The third-order valence-corrected chi connectivity index (χ3v) is 2.80. The molecule has 0 aliphatic carbocycles. The number of nitrogens with two attached hydrogens (primary N) is 1.